The number of aromatic nitrogens is 1. The van der Waals surface area contributed by atoms with E-state index in [1.807, 2.05) is 19.1 Å². The molecule has 8 nitrogen and oxygen atoms in total. The van der Waals surface area contributed by atoms with Gasteiger partial charge >= 0.3 is 0 Å². The number of ether oxygens (including phenoxy) is 3. The Morgan fingerprint density at radius 2 is 1.60 bits per heavy atom. The molecule has 2 aromatic carbocycles. The zero-order valence-corrected chi connectivity index (χ0v) is 21.1. The number of benzene rings is 2. The number of hydrogen-bond donors (Lipinski definition) is 1. The van der Waals surface area contributed by atoms with E-state index < -0.39 is 23.5 Å². The summed E-state index contributed by atoms with van der Waals surface area (Å²) >= 11 is 1.23. The molecule has 182 valence electrons. The van der Waals surface area contributed by atoms with Gasteiger partial charge < -0.3 is 19.3 Å². The van der Waals surface area contributed by atoms with Gasteiger partial charge in [0, 0.05) is 5.69 Å². The summed E-state index contributed by atoms with van der Waals surface area (Å²) in [6.07, 6.45) is 0. The van der Waals surface area contributed by atoms with Gasteiger partial charge in [-0.2, -0.15) is 0 Å². The number of carbonyl (C=O) groups is 2. The summed E-state index contributed by atoms with van der Waals surface area (Å²) in [6, 6.07) is 9.70. The lowest BCUT2D eigenvalue weighted by molar-refractivity contribution is -0.117. The Kier molecular flexibility index (Phi) is 6.53. The summed E-state index contributed by atoms with van der Waals surface area (Å²) in [5.41, 5.74) is 2.57. The van der Waals surface area contributed by atoms with Crippen LogP contribution in [0.4, 0.5) is 5.69 Å². The van der Waals surface area contributed by atoms with Crippen LogP contribution in [0.15, 0.2) is 47.7 Å². The molecule has 0 saturated heterocycles. The molecule has 1 aliphatic heterocycles. The number of aliphatic hydroxyl groups excluding tert-OH is 1. The van der Waals surface area contributed by atoms with E-state index in [9.17, 15) is 14.7 Å². The molecule has 3 aromatic rings. The molecule has 1 aliphatic rings. The van der Waals surface area contributed by atoms with E-state index in [4.69, 9.17) is 14.2 Å². The number of nitrogens with zero attached hydrogens (tertiary/aromatic N) is 2. The monoisotopic (exact) mass is 494 g/mol. The maximum Gasteiger partial charge on any atom is 0.294 e. The third-order valence-corrected chi connectivity index (χ3v) is 6.95. The van der Waals surface area contributed by atoms with Gasteiger partial charge in [-0.3, -0.25) is 14.5 Å². The predicted molar refractivity (Wildman–Crippen MR) is 133 cm³/mol. The molecule has 1 unspecified atom stereocenters. The summed E-state index contributed by atoms with van der Waals surface area (Å²) < 4.78 is 16.5. The van der Waals surface area contributed by atoms with E-state index in [1.165, 1.54) is 37.6 Å². The molecule has 0 bridgehead atoms. The van der Waals surface area contributed by atoms with Crippen LogP contribution in [-0.2, 0) is 4.79 Å². The SMILES string of the molecule is COc1cc(C2C(C(=O)c3sc(C)nc3C)=C(O)C(=O)N2c2ccc(C)cc2)cc(OC)c1OC. The Labute approximate surface area is 207 Å². The lowest BCUT2D eigenvalue weighted by atomic mass is 9.94. The first-order valence-corrected chi connectivity index (χ1v) is 11.6. The molecule has 4 rings (SSSR count). The molecule has 1 amide bonds. The molecule has 0 radical (unpaired) electrons. The number of anilines is 1. The summed E-state index contributed by atoms with van der Waals surface area (Å²) in [6.45, 7) is 5.47. The maximum absolute atomic E-state index is 13.8. The highest BCUT2D eigenvalue weighted by Gasteiger charge is 2.46. The second-order valence-corrected chi connectivity index (χ2v) is 9.31. The van der Waals surface area contributed by atoms with Gasteiger partial charge in [-0.1, -0.05) is 17.7 Å². The molecule has 0 fully saturated rings. The predicted octanol–water partition coefficient (Wildman–Crippen LogP) is 4.88. The molecule has 1 aromatic heterocycles. The maximum atomic E-state index is 13.8. The van der Waals surface area contributed by atoms with Gasteiger partial charge in [-0.05, 0) is 50.6 Å². The van der Waals surface area contributed by atoms with Crippen LogP contribution >= 0.6 is 11.3 Å². The van der Waals surface area contributed by atoms with Crippen molar-refractivity contribution >= 4 is 28.7 Å². The van der Waals surface area contributed by atoms with Crippen molar-refractivity contribution < 1.29 is 28.9 Å². The highest BCUT2D eigenvalue weighted by Crippen LogP contribution is 2.47. The molecule has 0 aliphatic carbocycles. The average Bonchev–Trinajstić information content (AvgIpc) is 3.33. The third kappa shape index (κ3) is 4.12. The molecule has 35 heavy (non-hydrogen) atoms. The molecule has 1 atom stereocenters. The van der Waals surface area contributed by atoms with Crippen molar-refractivity contribution in [3.05, 3.63) is 74.4 Å². The zero-order chi connectivity index (χ0) is 25.4. The van der Waals surface area contributed by atoms with Gasteiger partial charge in [0.25, 0.3) is 5.91 Å². The highest BCUT2D eigenvalue weighted by atomic mass is 32.1. The molecule has 0 spiro atoms. The molecular weight excluding hydrogens is 468 g/mol. The minimum atomic E-state index is -0.937. The van der Waals surface area contributed by atoms with Crippen molar-refractivity contribution in [2.75, 3.05) is 26.2 Å². The van der Waals surface area contributed by atoms with Gasteiger partial charge in [-0.25, -0.2) is 4.98 Å². The van der Waals surface area contributed by atoms with Crippen LogP contribution in [0.2, 0.25) is 0 Å². The fraction of sp³-hybridized carbons (Fsp3) is 0.269. The zero-order valence-electron chi connectivity index (χ0n) is 20.3. The van der Waals surface area contributed by atoms with Crippen molar-refractivity contribution in [1.29, 1.82) is 0 Å². The summed E-state index contributed by atoms with van der Waals surface area (Å²) in [5, 5.41) is 11.7. The Balaban J connectivity index is 1.97. The fourth-order valence-electron chi connectivity index (χ4n) is 4.25. The van der Waals surface area contributed by atoms with Crippen LogP contribution in [0.1, 0.15) is 37.5 Å². The number of methoxy groups -OCH3 is 3. The lowest BCUT2D eigenvalue weighted by Crippen LogP contribution is -2.31. The Morgan fingerprint density at radius 1 is 1.00 bits per heavy atom. The number of aryl methyl sites for hydroxylation is 3. The second kappa shape index (κ2) is 9.42. The second-order valence-electron chi connectivity index (χ2n) is 8.11. The van der Waals surface area contributed by atoms with E-state index in [1.54, 1.807) is 38.1 Å². The van der Waals surface area contributed by atoms with Crippen LogP contribution in [0.3, 0.4) is 0 Å². The van der Waals surface area contributed by atoms with Gasteiger partial charge in [0.15, 0.2) is 17.3 Å². The summed E-state index contributed by atoms with van der Waals surface area (Å²) in [5.74, 6) is -0.621. The minimum absolute atomic E-state index is 0.0309. The topological polar surface area (TPSA) is 98.2 Å². The number of hydrogen-bond acceptors (Lipinski definition) is 8. The van der Waals surface area contributed by atoms with E-state index in [-0.39, 0.29) is 5.57 Å². The number of ketones is 1. The van der Waals surface area contributed by atoms with Gasteiger partial charge in [0.1, 0.15) is 0 Å². The number of aliphatic hydroxyl groups is 1. The number of amides is 1. The first-order valence-electron chi connectivity index (χ1n) is 10.8. The largest absolute Gasteiger partial charge is 0.503 e. The molecule has 1 N–H and O–H groups in total. The van der Waals surface area contributed by atoms with E-state index in [0.29, 0.717) is 39.1 Å². The fourth-order valence-corrected chi connectivity index (χ4v) is 5.12. The van der Waals surface area contributed by atoms with Crippen molar-refractivity contribution in [2.24, 2.45) is 0 Å². The van der Waals surface area contributed by atoms with Crippen LogP contribution < -0.4 is 19.1 Å². The van der Waals surface area contributed by atoms with Gasteiger partial charge in [0.2, 0.25) is 11.5 Å². The van der Waals surface area contributed by atoms with Crippen molar-refractivity contribution in [3.63, 3.8) is 0 Å². The van der Waals surface area contributed by atoms with Crippen molar-refractivity contribution in [2.45, 2.75) is 26.8 Å². The molecule has 2 heterocycles. The smallest absolute Gasteiger partial charge is 0.294 e. The van der Waals surface area contributed by atoms with E-state index in [0.717, 1.165) is 10.6 Å². The van der Waals surface area contributed by atoms with Crippen molar-refractivity contribution in [3.8, 4) is 17.2 Å². The van der Waals surface area contributed by atoms with Gasteiger partial charge in [0.05, 0.1) is 48.5 Å². The number of Topliss-reactive ketones (excluding diaryl/α,β-unsaturated/α-hetero) is 1. The quantitative estimate of drug-likeness (QED) is 0.468. The van der Waals surface area contributed by atoms with E-state index >= 15 is 0 Å². The molecule has 0 saturated carbocycles. The lowest BCUT2D eigenvalue weighted by Gasteiger charge is -2.28. The third-order valence-electron chi connectivity index (χ3n) is 5.88. The normalized spacial score (nSPS) is 15.5. The first-order chi connectivity index (χ1) is 16.7. The first kappa shape index (κ1) is 24.3. The van der Waals surface area contributed by atoms with Crippen molar-refractivity contribution in [1.82, 2.24) is 4.98 Å². The average molecular weight is 495 g/mol. The Hall–Kier alpha value is -3.85. The number of rotatable bonds is 7. The number of thiazole rings is 1. The van der Waals surface area contributed by atoms with E-state index in [2.05, 4.69) is 4.98 Å². The van der Waals surface area contributed by atoms with Crippen LogP contribution in [0.5, 0.6) is 17.2 Å². The summed E-state index contributed by atoms with van der Waals surface area (Å²) in [7, 11) is 4.47. The van der Waals surface area contributed by atoms with Crippen LogP contribution in [0, 0.1) is 20.8 Å². The summed E-state index contributed by atoms with van der Waals surface area (Å²) in [4.78, 5) is 33.3. The molecule has 9 heteroatoms. The van der Waals surface area contributed by atoms with Crippen LogP contribution in [0.25, 0.3) is 0 Å². The standard InChI is InChI=1S/C26H26N2O6S/c1-13-7-9-17(10-8-13)28-21(16-11-18(32-4)24(34-6)19(12-16)33-5)20(23(30)26(28)31)22(29)25-14(2)27-15(3)35-25/h7-12,21,30H,1-6H3. The Bertz CT molecular complexity index is 1320. The Morgan fingerprint density at radius 3 is 2.09 bits per heavy atom. The number of carbonyl (C=O) groups excluding carboxylic acids is 2. The minimum Gasteiger partial charge on any atom is -0.503 e. The highest BCUT2D eigenvalue weighted by molar-refractivity contribution is 7.14. The molecular formula is C26H26N2O6S. The van der Waals surface area contributed by atoms with Gasteiger partial charge in [-0.15, -0.1) is 11.3 Å². The van der Waals surface area contributed by atoms with Crippen LogP contribution in [-0.4, -0.2) is 43.1 Å².